The van der Waals surface area contributed by atoms with Gasteiger partial charge in [-0.2, -0.15) is 0 Å². The molecule has 4 rings (SSSR count). The zero-order valence-corrected chi connectivity index (χ0v) is 25.2. The van der Waals surface area contributed by atoms with E-state index in [1.54, 1.807) is 11.9 Å². The lowest BCUT2D eigenvalue weighted by Gasteiger charge is -2.44. The number of carbonyl (C=O) groups excluding carboxylic acids is 1. The summed E-state index contributed by atoms with van der Waals surface area (Å²) in [6, 6.07) is 0. The van der Waals surface area contributed by atoms with Crippen LogP contribution in [0.1, 0.15) is 80.1 Å². The molecule has 2 N–H and O–H groups in total. The molecule has 1 fully saturated rings. The lowest BCUT2D eigenvalue weighted by atomic mass is 9.79. The standard InChI is InChI=1S/C27H39N3O2S.2C2H6/c1-4-17-30(5-2)26(31)21-8-6-7-20(9-10-21)24-19-27(13-15-28-16-14-27)32-25-12-11-22(29-33-3)18-23(24)25;2*1-2/h7,9-11,18-19,21,25,28-29H,4-6,8,12-17H2,1-3H3;2*1-2H3. The summed E-state index contributed by atoms with van der Waals surface area (Å²) in [4.78, 5) is 15.1. The highest BCUT2D eigenvalue weighted by atomic mass is 32.2. The molecule has 2 atom stereocenters. The number of ether oxygens (including phenoxy) is 1. The molecule has 2 aliphatic carbocycles. The van der Waals surface area contributed by atoms with Gasteiger partial charge in [0.1, 0.15) is 0 Å². The van der Waals surface area contributed by atoms with Crippen LogP contribution >= 0.6 is 11.9 Å². The normalized spacial score (nSPS) is 23.9. The van der Waals surface area contributed by atoms with Gasteiger partial charge < -0.3 is 19.7 Å². The first-order valence-corrected chi connectivity index (χ1v) is 15.8. The number of piperidine rings is 1. The van der Waals surface area contributed by atoms with Gasteiger partial charge in [0.2, 0.25) is 5.91 Å². The van der Waals surface area contributed by atoms with Crippen molar-refractivity contribution in [2.24, 2.45) is 5.92 Å². The van der Waals surface area contributed by atoms with E-state index in [2.05, 4.69) is 66.6 Å². The minimum absolute atomic E-state index is 0.0386. The SMILES string of the molecule is CC.CC.CCCN(CC)C(=O)C1C=CC(C2=CC3(CCNCC3)OC3CC=C(NSC)C=C23)=CCC1. The quantitative estimate of drug-likeness (QED) is 0.359. The fourth-order valence-electron chi connectivity index (χ4n) is 5.39. The van der Waals surface area contributed by atoms with Crippen LogP contribution in [0.2, 0.25) is 0 Å². The number of nitrogens with zero attached hydrogens (tertiary/aromatic N) is 1. The van der Waals surface area contributed by atoms with E-state index in [0.29, 0.717) is 0 Å². The van der Waals surface area contributed by atoms with Crippen molar-refractivity contribution in [2.75, 3.05) is 32.4 Å². The monoisotopic (exact) mass is 529 g/mol. The first kappa shape index (κ1) is 31.5. The Morgan fingerprint density at radius 1 is 1.19 bits per heavy atom. The first-order valence-electron chi connectivity index (χ1n) is 14.6. The topological polar surface area (TPSA) is 53.6 Å². The Labute approximate surface area is 231 Å². The minimum Gasteiger partial charge on any atom is -0.363 e. The maximum atomic E-state index is 13.1. The molecule has 5 nitrogen and oxygen atoms in total. The van der Waals surface area contributed by atoms with Crippen molar-refractivity contribution in [3.05, 3.63) is 58.9 Å². The van der Waals surface area contributed by atoms with Crippen molar-refractivity contribution in [2.45, 2.75) is 91.8 Å². The third-order valence-corrected chi connectivity index (χ3v) is 7.58. The fourth-order valence-corrected chi connectivity index (χ4v) is 5.77. The lowest BCUT2D eigenvalue weighted by molar-refractivity contribution is -0.134. The van der Waals surface area contributed by atoms with Crippen LogP contribution in [0.25, 0.3) is 0 Å². The molecule has 1 spiro atoms. The molecule has 0 aromatic rings. The van der Waals surface area contributed by atoms with Crippen molar-refractivity contribution >= 4 is 17.9 Å². The fraction of sp³-hybridized carbons (Fsp3) is 0.645. The Balaban J connectivity index is 0.00000115. The number of hydrogen-bond donors (Lipinski definition) is 2. The Kier molecular flexibility index (Phi) is 13.8. The molecule has 37 heavy (non-hydrogen) atoms. The van der Waals surface area contributed by atoms with Crippen molar-refractivity contribution in [1.29, 1.82) is 0 Å². The molecule has 4 aliphatic rings. The number of fused-ring (bicyclic) bond motifs is 1. The number of amides is 1. The number of allylic oxidation sites excluding steroid dienone is 4. The zero-order valence-electron chi connectivity index (χ0n) is 24.4. The van der Waals surface area contributed by atoms with E-state index in [9.17, 15) is 4.79 Å². The van der Waals surface area contributed by atoms with Crippen LogP contribution in [-0.4, -0.2) is 54.9 Å². The summed E-state index contributed by atoms with van der Waals surface area (Å²) in [6.07, 6.45) is 21.4. The maximum Gasteiger partial charge on any atom is 0.229 e. The van der Waals surface area contributed by atoms with Crippen molar-refractivity contribution < 1.29 is 9.53 Å². The van der Waals surface area contributed by atoms with Crippen LogP contribution in [0.3, 0.4) is 0 Å². The van der Waals surface area contributed by atoms with Gasteiger partial charge in [-0.25, -0.2) is 0 Å². The van der Waals surface area contributed by atoms with Gasteiger partial charge in [0.25, 0.3) is 0 Å². The van der Waals surface area contributed by atoms with E-state index in [0.717, 1.165) is 70.4 Å². The van der Waals surface area contributed by atoms with Gasteiger partial charge in [0.15, 0.2) is 0 Å². The Hall–Kier alpha value is -1.76. The van der Waals surface area contributed by atoms with E-state index in [1.807, 2.05) is 32.6 Å². The average molecular weight is 530 g/mol. The Bertz CT molecular complexity index is 881. The molecule has 0 aromatic carbocycles. The number of nitrogens with one attached hydrogen (secondary N) is 2. The van der Waals surface area contributed by atoms with Crippen LogP contribution in [0.15, 0.2) is 58.9 Å². The second kappa shape index (κ2) is 16.3. The second-order valence-corrected chi connectivity index (χ2v) is 10.0. The van der Waals surface area contributed by atoms with E-state index >= 15 is 0 Å². The lowest BCUT2D eigenvalue weighted by Crippen LogP contribution is -2.48. The third kappa shape index (κ3) is 8.11. The Morgan fingerprint density at radius 2 is 1.92 bits per heavy atom. The molecule has 208 valence electrons. The summed E-state index contributed by atoms with van der Waals surface area (Å²) in [7, 11) is 0. The average Bonchev–Trinajstić information content (AvgIpc) is 3.20. The number of hydrogen-bond acceptors (Lipinski definition) is 5. The Morgan fingerprint density at radius 3 is 2.57 bits per heavy atom. The van der Waals surface area contributed by atoms with Gasteiger partial charge in [0, 0.05) is 25.0 Å². The molecule has 0 radical (unpaired) electrons. The molecule has 0 bridgehead atoms. The van der Waals surface area contributed by atoms with E-state index in [1.165, 1.54) is 16.7 Å². The largest absolute Gasteiger partial charge is 0.363 e. The first-order chi connectivity index (χ1) is 18.1. The summed E-state index contributed by atoms with van der Waals surface area (Å²) < 4.78 is 10.2. The summed E-state index contributed by atoms with van der Waals surface area (Å²) in [5.74, 6) is 0.230. The molecule has 1 saturated heterocycles. The van der Waals surface area contributed by atoms with Crippen molar-refractivity contribution in [3.8, 4) is 0 Å². The van der Waals surface area contributed by atoms with E-state index in [-0.39, 0.29) is 23.5 Å². The zero-order chi connectivity index (χ0) is 27.3. The van der Waals surface area contributed by atoms with E-state index in [4.69, 9.17) is 4.74 Å². The second-order valence-electron chi connectivity index (χ2n) is 9.40. The summed E-state index contributed by atoms with van der Waals surface area (Å²) in [5, 5.41) is 3.48. The van der Waals surface area contributed by atoms with Crippen LogP contribution in [0.4, 0.5) is 0 Å². The molecular weight excluding hydrogens is 478 g/mol. The maximum absolute atomic E-state index is 13.1. The highest BCUT2D eigenvalue weighted by Gasteiger charge is 2.41. The summed E-state index contributed by atoms with van der Waals surface area (Å²) in [5.41, 5.74) is 4.75. The predicted octanol–water partition coefficient (Wildman–Crippen LogP) is 6.72. The van der Waals surface area contributed by atoms with Gasteiger partial charge in [-0.15, -0.1) is 0 Å². The predicted molar refractivity (Wildman–Crippen MR) is 160 cm³/mol. The van der Waals surface area contributed by atoms with Gasteiger partial charge in [-0.3, -0.25) is 4.79 Å². The summed E-state index contributed by atoms with van der Waals surface area (Å²) >= 11 is 1.62. The number of carbonyl (C=O) groups is 1. The molecule has 2 unspecified atom stereocenters. The smallest absolute Gasteiger partial charge is 0.229 e. The van der Waals surface area contributed by atoms with Crippen LogP contribution in [0, 0.1) is 5.92 Å². The van der Waals surface area contributed by atoms with Crippen molar-refractivity contribution in [3.63, 3.8) is 0 Å². The molecule has 6 heteroatoms. The van der Waals surface area contributed by atoms with Gasteiger partial charge in [-0.1, -0.05) is 70.9 Å². The van der Waals surface area contributed by atoms with Gasteiger partial charge >= 0.3 is 0 Å². The molecule has 0 aromatic heterocycles. The highest BCUT2D eigenvalue weighted by molar-refractivity contribution is 7.96. The van der Waals surface area contributed by atoms with Gasteiger partial charge in [0.05, 0.1) is 17.6 Å². The van der Waals surface area contributed by atoms with Crippen LogP contribution < -0.4 is 10.0 Å². The molecular formula is C31H51N3O2S. The third-order valence-electron chi connectivity index (χ3n) is 7.14. The van der Waals surface area contributed by atoms with Crippen molar-refractivity contribution in [1.82, 2.24) is 14.9 Å². The molecule has 2 heterocycles. The number of rotatable bonds is 7. The van der Waals surface area contributed by atoms with E-state index < -0.39 is 0 Å². The molecule has 1 amide bonds. The molecule has 2 aliphatic heterocycles. The highest BCUT2D eigenvalue weighted by Crippen LogP contribution is 2.43. The van der Waals surface area contributed by atoms with Gasteiger partial charge in [-0.05, 0) is 87.4 Å². The molecule has 0 saturated carbocycles. The summed E-state index contributed by atoms with van der Waals surface area (Å²) in [6.45, 7) is 15.8. The van der Waals surface area contributed by atoms with Crippen LogP contribution in [-0.2, 0) is 9.53 Å². The van der Waals surface area contributed by atoms with Crippen LogP contribution in [0.5, 0.6) is 0 Å². The minimum atomic E-state index is -0.197.